The van der Waals surface area contributed by atoms with E-state index in [0.29, 0.717) is 6.42 Å². The summed E-state index contributed by atoms with van der Waals surface area (Å²) in [5.41, 5.74) is 8.56. The number of aryl methyl sites for hydroxylation is 2. The Morgan fingerprint density at radius 2 is 0.968 bits per heavy atom. The Hall–Kier alpha value is -3.78. The summed E-state index contributed by atoms with van der Waals surface area (Å²) in [7, 11) is 0. The highest BCUT2D eigenvalue weighted by molar-refractivity contribution is 6.19. The molecule has 2 heteroatoms. The van der Waals surface area contributed by atoms with Gasteiger partial charge in [-0.3, -0.25) is 9.98 Å². The van der Waals surface area contributed by atoms with Crippen LogP contribution in [-0.2, 0) is 0 Å². The molecule has 4 aromatic carbocycles. The molecule has 0 spiro atoms. The number of para-hydroxylation sites is 2. The van der Waals surface area contributed by atoms with Crippen molar-refractivity contribution in [1.29, 1.82) is 0 Å². The van der Waals surface area contributed by atoms with Crippen LogP contribution in [0.5, 0.6) is 0 Å². The van der Waals surface area contributed by atoms with E-state index in [-0.39, 0.29) is 0 Å². The molecule has 0 saturated carbocycles. The molecule has 0 aromatic heterocycles. The highest BCUT2D eigenvalue weighted by Gasteiger charge is 2.13. The second-order valence-electron chi connectivity index (χ2n) is 7.60. The third-order valence-electron chi connectivity index (χ3n) is 5.26. The van der Waals surface area contributed by atoms with E-state index in [9.17, 15) is 0 Å². The summed E-state index contributed by atoms with van der Waals surface area (Å²) in [5, 5.41) is 0. The van der Waals surface area contributed by atoms with Crippen molar-refractivity contribution in [2.45, 2.75) is 20.3 Å². The van der Waals surface area contributed by atoms with Crippen molar-refractivity contribution in [3.05, 3.63) is 131 Å². The Morgan fingerprint density at radius 3 is 1.48 bits per heavy atom. The molecule has 31 heavy (non-hydrogen) atoms. The summed E-state index contributed by atoms with van der Waals surface area (Å²) in [4.78, 5) is 10.2. The van der Waals surface area contributed by atoms with Gasteiger partial charge in [-0.05, 0) is 48.2 Å². The Balaban J connectivity index is 1.84. The third-order valence-corrected chi connectivity index (χ3v) is 5.26. The molecule has 0 unspecified atom stereocenters. The Labute approximate surface area is 184 Å². The lowest BCUT2D eigenvalue weighted by Gasteiger charge is -2.13. The van der Waals surface area contributed by atoms with E-state index < -0.39 is 0 Å². The largest absolute Gasteiger partial charge is 0.252 e. The number of benzene rings is 4. The van der Waals surface area contributed by atoms with Gasteiger partial charge >= 0.3 is 0 Å². The Morgan fingerprint density at radius 1 is 0.516 bits per heavy atom. The van der Waals surface area contributed by atoms with Crippen LogP contribution < -0.4 is 0 Å². The van der Waals surface area contributed by atoms with Crippen molar-refractivity contribution in [3.63, 3.8) is 0 Å². The van der Waals surface area contributed by atoms with Gasteiger partial charge in [-0.2, -0.15) is 0 Å². The molecule has 0 aliphatic rings. The van der Waals surface area contributed by atoms with E-state index in [1.54, 1.807) is 0 Å². The number of hydrogen-bond acceptors (Lipinski definition) is 2. The lowest BCUT2D eigenvalue weighted by Crippen LogP contribution is -2.11. The summed E-state index contributed by atoms with van der Waals surface area (Å²) in [6.07, 6.45) is 0.636. The molecule has 0 bridgehead atoms. The first-order chi connectivity index (χ1) is 15.2. The molecule has 0 fully saturated rings. The molecule has 4 aromatic rings. The van der Waals surface area contributed by atoms with Crippen LogP contribution in [0, 0.1) is 13.8 Å². The molecule has 0 atom stereocenters. The molecule has 0 amide bonds. The van der Waals surface area contributed by atoms with Gasteiger partial charge in [0.1, 0.15) is 0 Å². The predicted molar refractivity (Wildman–Crippen MR) is 132 cm³/mol. The average molecular weight is 403 g/mol. The van der Waals surface area contributed by atoms with Gasteiger partial charge in [0, 0.05) is 6.42 Å². The second-order valence-corrected chi connectivity index (χ2v) is 7.60. The molecule has 0 heterocycles. The first kappa shape index (κ1) is 20.5. The zero-order chi connectivity index (χ0) is 21.5. The van der Waals surface area contributed by atoms with E-state index in [0.717, 1.165) is 33.9 Å². The zero-order valence-electron chi connectivity index (χ0n) is 18.0. The van der Waals surface area contributed by atoms with Crippen molar-refractivity contribution in [1.82, 2.24) is 0 Å². The molecule has 2 nitrogen and oxygen atoms in total. The van der Waals surface area contributed by atoms with E-state index in [1.807, 2.05) is 42.5 Å². The van der Waals surface area contributed by atoms with E-state index in [2.05, 4.69) is 80.6 Å². The average Bonchev–Trinajstić information content (AvgIpc) is 2.82. The standard InChI is InChI=1S/C29H26N2/c1-22-13-12-14-23(2)29(22)31-28(25-17-8-4-9-18-25)21-27(24-15-6-3-7-16-24)30-26-19-10-5-11-20-26/h3-20H,21H2,1-2H3. The summed E-state index contributed by atoms with van der Waals surface area (Å²) >= 11 is 0. The number of aliphatic imine (C=N–C) groups is 2. The minimum absolute atomic E-state index is 0.636. The fraction of sp³-hybridized carbons (Fsp3) is 0.103. The predicted octanol–water partition coefficient (Wildman–Crippen LogP) is 7.64. The van der Waals surface area contributed by atoms with Crippen LogP contribution in [-0.4, -0.2) is 11.4 Å². The highest BCUT2D eigenvalue weighted by Crippen LogP contribution is 2.26. The minimum Gasteiger partial charge on any atom is -0.252 e. The van der Waals surface area contributed by atoms with E-state index in [4.69, 9.17) is 9.98 Å². The maximum absolute atomic E-state index is 5.17. The minimum atomic E-state index is 0.636. The van der Waals surface area contributed by atoms with Gasteiger partial charge in [-0.15, -0.1) is 0 Å². The normalized spacial score (nSPS) is 12.1. The van der Waals surface area contributed by atoms with Crippen LogP contribution in [0.3, 0.4) is 0 Å². The summed E-state index contributed by atoms with van der Waals surface area (Å²) in [6, 6.07) is 37.2. The van der Waals surface area contributed by atoms with Crippen LogP contribution in [0.4, 0.5) is 11.4 Å². The number of hydrogen-bond donors (Lipinski definition) is 0. The van der Waals surface area contributed by atoms with Crippen LogP contribution in [0.2, 0.25) is 0 Å². The van der Waals surface area contributed by atoms with Crippen molar-refractivity contribution in [2.24, 2.45) is 9.98 Å². The molecule has 0 radical (unpaired) electrons. The summed E-state index contributed by atoms with van der Waals surface area (Å²) < 4.78 is 0. The van der Waals surface area contributed by atoms with Gasteiger partial charge in [-0.25, -0.2) is 0 Å². The maximum Gasteiger partial charge on any atom is 0.0691 e. The quantitative estimate of drug-likeness (QED) is 0.296. The van der Waals surface area contributed by atoms with Crippen LogP contribution in [0.25, 0.3) is 0 Å². The Bertz CT molecular complexity index is 1170. The molecule has 0 aliphatic carbocycles. The van der Waals surface area contributed by atoms with Crippen LogP contribution in [0.1, 0.15) is 28.7 Å². The summed E-state index contributed by atoms with van der Waals surface area (Å²) in [5.74, 6) is 0. The lowest BCUT2D eigenvalue weighted by molar-refractivity contribution is 1.30. The molecular weight excluding hydrogens is 376 g/mol. The fourth-order valence-electron chi connectivity index (χ4n) is 3.61. The molecule has 0 N–H and O–H groups in total. The monoisotopic (exact) mass is 402 g/mol. The molecular formula is C29H26N2. The smallest absolute Gasteiger partial charge is 0.0691 e. The van der Waals surface area contributed by atoms with Gasteiger partial charge in [0.05, 0.1) is 22.8 Å². The first-order valence-electron chi connectivity index (χ1n) is 10.6. The van der Waals surface area contributed by atoms with Gasteiger partial charge in [-0.1, -0.05) is 97.1 Å². The Kier molecular flexibility index (Phi) is 6.49. The molecule has 0 saturated heterocycles. The van der Waals surface area contributed by atoms with Gasteiger partial charge in [0.2, 0.25) is 0 Å². The maximum atomic E-state index is 5.17. The zero-order valence-corrected chi connectivity index (χ0v) is 18.0. The van der Waals surface area contributed by atoms with Gasteiger partial charge in [0.25, 0.3) is 0 Å². The number of rotatable bonds is 6. The topological polar surface area (TPSA) is 24.7 Å². The number of nitrogens with zero attached hydrogens (tertiary/aromatic N) is 2. The van der Waals surface area contributed by atoms with Crippen molar-refractivity contribution < 1.29 is 0 Å². The van der Waals surface area contributed by atoms with E-state index >= 15 is 0 Å². The highest BCUT2D eigenvalue weighted by atomic mass is 14.8. The van der Waals surface area contributed by atoms with Crippen molar-refractivity contribution in [3.8, 4) is 0 Å². The van der Waals surface area contributed by atoms with E-state index in [1.165, 1.54) is 11.1 Å². The van der Waals surface area contributed by atoms with Crippen LogP contribution >= 0.6 is 0 Å². The molecule has 152 valence electrons. The van der Waals surface area contributed by atoms with Crippen LogP contribution in [0.15, 0.2) is 119 Å². The van der Waals surface area contributed by atoms with Crippen molar-refractivity contribution in [2.75, 3.05) is 0 Å². The third kappa shape index (κ3) is 5.23. The van der Waals surface area contributed by atoms with Gasteiger partial charge < -0.3 is 0 Å². The molecule has 0 aliphatic heterocycles. The lowest BCUT2D eigenvalue weighted by atomic mass is 9.99. The first-order valence-corrected chi connectivity index (χ1v) is 10.6. The molecule has 4 rings (SSSR count). The summed E-state index contributed by atoms with van der Waals surface area (Å²) in [6.45, 7) is 4.23. The fourth-order valence-corrected chi connectivity index (χ4v) is 3.61. The van der Waals surface area contributed by atoms with Crippen molar-refractivity contribution >= 4 is 22.8 Å². The second kappa shape index (κ2) is 9.82. The SMILES string of the molecule is Cc1cccc(C)c1N=C(CC(=Nc1ccccc1)c1ccccc1)c1ccccc1. The van der Waals surface area contributed by atoms with Gasteiger partial charge in [0.15, 0.2) is 0 Å².